The molecule has 1 unspecified atom stereocenters. The van der Waals surface area contributed by atoms with Gasteiger partial charge in [0.2, 0.25) is 0 Å². The Morgan fingerprint density at radius 2 is 1.61 bits per heavy atom. The molecule has 0 fully saturated rings. The third-order valence-electron chi connectivity index (χ3n) is 2.84. The molecular formula is C16H17IO5S. The van der Waals surface area contributed by atoms with Gasteiger partial charge in [-0.3, -0.25) is 0 Å². The summed E-state index contributed by atoms with van der Waals surface area (Å²) in [6, 6.07) is 15.2. The van der Waals surface area contributed by atoms with Crippen LogP contribution in [0.1, 0.15) is 15.1 Å². The van der Waals surface area contributed by atoms with Crippen molar-refractivity contribution in [1.82, 2.24) is 0 Å². The number of rotatable bonds is 4. The van der Waals surface area contributed by atoms with Gasteiger partial charge in [-0.15, -0.1) is 0 Å². The van der Waals surface area contributed by atoms with Crippen LogP contribution in [0.15, 0.2) is 59.5 Å². The summed E-state index contributed by atoms with van der Waals surface area (Å²) in [5.74, 6) is -0.698. The van der Waals surface area contributed by atoms with Gasteiger partial charge in [-0.2, -0.15) is 0 Å². The van der Waals surface area contributed by atoms with E-state index in [9.17, 15) is 17.8 Å². The van der Waals surface area contributed by atoms with Crippen LogP contribution >= 0.6 is 0 Å². The smallest absolute Gasteiger partial charge is 0.360 e. The van der Waals surface area contributed by atoms with E-state index >= 15 is 0 Å². The number of carbonyl (C=O) groups is 1. The number of aryl methyl sites for hydroxylation is 1. The molecule has 7 heteroatoms. The van der Waals surface area contributed by atoms with Crippen LogP contribution in [-0.4, -0.2) is 29.0 Å². The molecule has 1 N–H and O–H groups in total. The van der Waals surface area contributed by atoms with E-state index in [0.717, 1.165) is 11.1 Å². The molecular weight excluding hydrogens is 431 g/mol. The van der Waals surface area contributed by atoms with E-state index in [1.807, 2.05) is 42.2 Å². The average Bonchev–Trinajstić information content (AvgIpc) is 2.49. The highest BCUT2D eigenvalue weighted by Crippen LogP contribution is 2.08. The predicted molar refractivity (Wildman–Crippen MR) is 81.9 cm³/mol. The molecule has 5 nitrogen and oxygen atoms in total. The quantitative estimate of drug-likeness (QED) is 0.384. The third-order valence-corrected chi connectivity index (χ3v) is 6.18. The van der Waals surface area contributed by atoms with Gasteiger partial charge in [0, 0.05) is 5.56 Å². The third kappa shape index (κ3) is 6.67. The fourth-order valence-corrected chi connectivity index (χ4v) is 3.83. The number of aliphatic carboxylic acids is 1. The number of hydrogen-bond donors (Lipinski definition) is 1. The predicted octanol–water partition coefficient (Wildman–Crippen LogP) is -0.570. The van der Waals surface area contributed by atoms with E-state index in [0.29, 0.717) is 0 Å². The first-order valence-electron chi connectivity index (χ1n) is 6.54. The second-order valence-corrected chi connectivity index (χ2v) is 8.47. The Morgan fingerprint density at radius 3 is 2.00 bits per heavy atom. The second kappa shape index (κ2) is 8.99. The van der Waals surface area contributed by atoms with E-state index < -0.39 is 16.1 Å². The molecule has 0 aliphatic rings. The van der Waals surface area contributed by atoms with Crippen LogP contribution in [0.4, 0.5) is 0 Å². The SMILES string of the molecule is C[I+]C(C(=O)O)c1ccccc1.Cc1ccc(S(=O)(=O)[O-])cc1. The highest BCUT2D eigenvalue weighted by Gasteiger charge is 2.29. The van der Waals surface area contributed by atoms with E-state index in [1.54, 1.807) is 12.1 Å². The normalized spacial score (nSPS) is 12.0. The summed E-state index contributed by atoms with van der Waals surface area (Å²) < 4.78 is 30.9. The molecule has 0 bridgehead atoms. The Labute approximate surface area is 146 Å². The Kier molecular flexibility index (Phi) is 7.66. The van der Waals surface area contributed by atoms with E-state index in [-0.39, 0.29) is 30.0 Å². The van der Waals surface area contributed by atoms with Crippen molar-refractivity contribution in [3.63, 3.8) is 0 Å². The molecule has 2 aromatic rings. The van der Waals surface area contributed by atoms with Gasteiger partial charge >= 0.3 is 5.97 Å². The molecule has 0 aliphatic carbocycles. The Bertz CT molecular complexity index is 727. The maximum Gasteiger partial charge on any atom is 0.360 e. The highest BCUT2D eigenvalue weighted by atomic mass is 127. The van der Waals surface area contributed by atoms with Crippen molar-refractivity contribution < 1.29 is 44.1 Å². The van der Waals surface area contributed by atoms with Gasteiger partial charge in [-0.05, 0) is 19.1 Å². The molecule has 124 valence electrons. The molecule has 0 aromatic heterocycles. The topological polar surface area (TPSA) is 94.5 Å². The molecule has 0 saturated heterocycles. The summed E-state index contributed by atoms with van der Waals surface area (Å²) in [7, 11) is -4.27. The van der Waals surface area contributed by atoms with Crippen molar-refractivity contribution in [1.29, 1.82) is 0 Å². The zero-order valence-electron chi connectivity index (χ0n) is 12.6. The summed E-state index contributed by atoms with van der Waals surface area (Å²) in [6.07, 6.45) is 0. The Morgan fingerprint density at radius 1 is 1.09 bits per heavy atom. The van der Waals surface area contributed by atoms with E-state index in [4.69, 9.17) is 5.11 Å². The highest BCUT2D eigenvalue weighted by molar-refractivity contribution is 7.85. The largest absolute Gasteiger partial charge is 0.744 e. The average molecular weight is 448 g/mol. The summed E-state index contributed by atoms with van der Waals surface area (Å²) in [5.41, 5.74) is 1.86. The molecule has 0 spiro atoms. The van der Waals surface area contributed by atoms with Crippen molar-refractivity contribution in [2.24, 2.45) is 0 Å². The lowest BCUT2D eigenvalue weighted by molar-refractivity contribution is -0.658. The Hall–Kier alpha value is -1.45. The molecule has 2 aromatic carbocycles. The van der Waals surface area contributed by atoms with Gasteiger partial charge in [-0.1, -0.05) is 48.0 Å². The minimum Gasteiger partial charge on any atom is -0.744 e. The summed E-state index contributed by atoms with van der Waals surface area (Å²) in [5, 5.41) is 8.85. The van der Waals surface area contributed by atoms with E-state index in [1.165, 1.54) is 12.1 Å². The number of carboxylic acids is 1. The standard InChI is InChI=1S/C9H9IO2.C7H8O3S/c1-10-8(9(11)12)7-5-3-2-4-6-7;1-6-2-4-7(5-3-6)11(8,9)10/h2-6,8H,1H3;2-5H,1H3,(H,8,9,10). The maximum atomic E-state index is 10.8. The minimum atomic E-state index is -4.27. The zero-order valence-corrected chi connectivity index (χ0v) is 15.6. The monoisotopic (exact) mass is 448 g/mol. The van der Waals surface area contributed by atoms with Gasteiger partial charge in [0.05, 0.1) is 4.90 Å². The van der Waals surface area contributed by atoms with Crippen LogP contribution < -0.4 is 21.2 Å². The number of carboxylic acid groups (broad SMARTS) is 1. The van der Waals surface area contributed by atoms with Crippen molar-refractivity contribution in [2.75, 3.05) is 4.93 Å². The maximum absolute atomic E-state index is 10.8. The first-order valence-corrected chi connectivity index (χ1v) is 11.3. The molecule has 0 radical (unpaired) electrons. The van der Waals surface area contributed by atoms with Gasteiger partial charge in [-0.25, -0.2) is 13.2 Å². The first-order chi connectivity index (χ1) is 10.8. The lowest BCUT2D eigenvalue weighted by atomic mass is 10.2. The van der Waals surface area contributed by atoms with Crippen molar-refractivity contribution in [2.45, 2.75) is 15.7 Å². The van der Waals surface area contributed by atoms with Crippen LogP contribution in [0.2, 0.25) is 0 Å². The van der Waals surface area contributed by atoms with Crippen LogP contribution in [0, 0.1) is 6.92 Å². The summed E-state index contributed by atoms with van der Waals surface area (Å²) in [4.78, 5) is 12.6. The van der Waals surface area contributed by atoms with Crippen LogP contribution in [0.5, 0.6) is 0 Å². The van der Waals surface area contributed by atoms with Crippen LogP contribution in [0.25, 0.3) is 0 Å². The zero-order chi connectivity index (χ0) is 17.5. The summed E-state index contributed by atoms with van der Waals surface area (Å²) >= 11 is -0.277. The molecule has 0 aliphatic heterocycles. The fraction of sp³-hybridized carbons (Fsp3) is 0.188. The van der Waals surface area contributed by atoms with Gasteiger partial charge in [0.1, 0.15) is 15.0 Å². The fourth-order valence-electron chi connectivity index (χ4n) is 1.69. The molecule has 0 saturated carbocycles. The first kappa shape index (κ1) is 19.6. The molecule has 2 rings (SSSR count). The number of alkyl halides is 2. The lowest BCUT2D eigenvalue weighted by Gasteiger charge is -2.05. The molecule has 0 heterocycles. The van der Waals surface area contributed by atoms with Gasteiger partial charge in [0.15, 0.2) is 0 Å². The van der Waals surface area contributed by atoms with Crippen molar-refractivity contribution in [3.05, 3.63) is 65.7 Å². The molecule has 0 amide bonds. The van der Waals surface area contributed by atoms with Gasteiger partial charge < -0.3 is 9.66 Å². The molecule has 23 heavy (non-hydrogen) atoms. The number of halogens is 1. The van der Waals surface area contributed by atoms with Crippen LogP contribution in [0.3, 0.4) is 0 Å². The lowest BCUT2D eigenvalue weighted by Crippen LogP contribution is -3.61. The number of hydrogen-bond acceptors (Lipinski definition) is 4. The van der Waals surface area contributed by atoms with Crippen molar-refractivity contribution in [3.8, 4) is 0 Å². The summed E-state index contributed by atoms with van der Waals surface area (Å²) in [6.45, 7) is 1.82. The Balaban J connectivity index is 0.000000231. The van der Waals surface area contributed by atoms with Gasteiger partial charge in [0.25, 0.3) is 25.1 Å². The van der Waals surface area contributed by atoms with Crippen LogP contribution in [-0.2, 0) is 14.9 Å². The number of benzene rings is 2. The molecule has 1 atom stereocenters. The van der Waals surface area contributed by atoms with Crippen molar-refractivity contribution >= 4 is 16.1 Å². The minimum absolute atomic E-state index is 0.178. The van der Waals surface area contributed by atoms with E-state index in [2.05, 4.69) is 0 Å². The second-order valence-electron chi connectivity index (χ2n) is 4.60.